The summed E-state index contributed by atoms with van der Waals surface area (Å²) in [6.07, 6.45) is 6.51. The number of carbonyl (C=O) groups excluding carboxylic acids is 1. The SMILES string of the molecule is CC1(C(N)=O)C2CC3CC(C2)CC1C3. The molecule has 4 fully saturated rings. The maximum absolute atomic E-state index is 11.6. The van der Waals surface area contributed by atoms with Crippen LogP contribution < -0.4 is 5.73 Å². The lowest BCUT2D eigenvalue weighted by Crippen LogP contribution is -2.57. The van der Waals surface area contributed by atoms with Gasteiger partial charge in [0.25, 0.3) is 0 Å². The Hall–Kier alpha value is -0.530. The van der Waals surface area contributed by atoms with Gasteiger partial charge in [-0.15, -0.1) is 0 Å². The summed E-state index contributed by atoms with van der Waals surface area (Å²) in [5.74, 6) is 3.02. The maximum Gasteiger partial charge on any atom is 0.223 e. The predicted molar refractivity (Wildman–Crippen MR) is 54.3 cm³/mol. The molecule has 0 aromatic rings. The Bertz CT molecular complexity index is 256. The highest BCUT2D eigenvalue weighted by Gasteiger charge is 2.57. The third-order valence-electron chi connectivity index (χ3n) is 5.37. The molecule has 0 aromatic carbocycles. The van der Waals surface area contributed by atoms with Crippen LogP contribution in [0, 0.1) is 29.1 Å². The summed E-state index contributed by atoms with van der Waals surface area (Å²) in [5.41, 5.74) is 5.45. The van der Waals surface area contributed by atoms with Gasteiger partial charge < -0.3 is 5.73 Å². The summed E-state index contributed by atoms with van der Waals surface area (Å²) in [4.78, 5) is 11.6. The van der Waals surface area contributed by atoms with Gasteiger partial charge in [0.05, 0.1) is 5.41 Å². The lowest BCUT2D eigenvalue weighted by Gasteiger charge is -2.58. The number of carbonyl (C=O) groups is 1. The zero-order valence-corrected chi connectivity index (χ0v) is 8.83. The molecule has 0 aliphatic heterocycles. The molecular formula is C12H19NO. The lowest BCUT2D eigenvalue weighted by atomic mass is 9.46. The first-order valence-corrected chi connectivity index (χ1v) is 5.90. The smallest absolute Gasteiger partial charge is 0.223 e. The molecule has 0 radical (unpaired) electrons. The number of amides is 1. The average molecular weight is 193 g/mol. The molecule has 14 heavy (non-hydrogen) atoms. The fourth-order valence-electron chi connectivity index (χ4n) is 4.57. The van der Waals surface area contributed by atoms with E-state index in [0.29, 0.717) is 11.8 Å². The zero-order chi connectivity index (χ0) is 9.92. The van der Waals surface area contributed by atoms with Crippen molar-refractivity contribution in [2.75, 3.05) is 0 Å². The van der Waals surface area contributed by atoms with Crippen molar-refractivity contribution in [3.8, 4) is 0 Å². The molecule has 4 saturated carbocycles. The highest BCUT2D eigenvalue weighted by atomic mass is 16.1. The third-order valence-corrected chi connectivity index (χ3v) is 5.37. The van der Waals surface area contributed by atoms with Gasteiger partial charge in [-0.3, -0.25) is 4.79 Å². The van der Waals surface area contributed by atoms with E-state index in [9.17, 15) is 4.79 Å². The Morgan fingerprint density at radius 2 is 1.50 bits per heavy atom. The van der Waals surface area contributed by atoms with Crippen molar-refractivity contribution in [3.05, 3.63) is 0 Å². The van der Waals surface area contributed by atoms with Crippen LogP contribution in [-0.4, -0.2) is 5.91 Å². The summed E-state index contributed by atoms with van der Waals surface area (Å²) in [6.45, 7) is 2.13. The van der Waals surface area contributed by atoms with Crippen LogP contribution in [0.3, 0.4) is 0 Å². The molecule has 0 aromatic heterocycles. The minimum atomic E-state index is -0.159. The second-order valence-corrected chi connectivity index (χ2v) is 5.95. The molecule has 2 N–H and O–H groups in total. The largest absolute Gasteiger partial charge is 0.369 e. The minimum absolute atomic E-state index is 0.0358. The standard InChI is InChI=1S/C12H19NO/c1-12(11(13)14)9-3-7-2-8(5-9)6-10(12)4-7/h7-10H,2-6H2,1H3,(H2,13,14). The summed E-state index contributed by atoms with van der Waals surface area (Å²) < 4.78 is 0. The number of nitrogens with two attached hydrogens (primary N) is 1. The van der Waals surface area contributed by atoms with Crippen molar-refractivity contribution in [1.29, 1.82) is 0 Å². The van der Waals surface area contributed by atoms with Crippen molar-refractivity contribution >= 4 is 5.91 Å². The minimum Gasteiger partial charge on any atom is -0.369 e. The van der Waals surface area contributed by atoms with Crippen molar-refractivity contribution in [2.45, 2.75) is 39.0 Å². The number of hydrogen-bond donors (Lipinski definition) is 1. The van der Waals surface area contributed by atoms with E-state index in [-0.39, 0.29) is 11.3 Å². The Morgan fingerprint density at radius 1 is 1.07 bits per heavy atom. The molecule has 4 aliphatic rings. The van der Waals surface area contributed by atoms with E-state index >= 15 is 0 Å². The first kappa shape index (κ1) is 8.75. The molecule has 0 heterocycles. The molecule has 78 valence electrons. The van der Waals surface area contributed by atoms with Gasteiger partial charge in [0.2, 0.25) is 5.91 Å². The molecule has 2 nitrogen and oxygen atoms in total. The molecule has 0 saturated heterocycles. The van der Waals surface area contributed by atoms with Gasteiger partial charge in [-0.05, 0) is 55.8 Å². The Labute approximate surface area is 85.2 Å². The van der Waals surface area contributed by atoms with Gasteiger partial charge in [0, 0.05) is 0 Å². The van der Waals surface area contributed by atoms with E-state index in [2.05, 4.69) is 6.92 Å². The third kappa shape index (κ3) is 0.896. The quantitative estimate of drug-likeness (QED) is 0.679. The highest BCUT2D eigenvalue weighted by molar-refractivity contribution is 5.81. The maximum atomic E-state index is 11.6. The molecule has 0 spiro atoms. The molecule has 1 amide bonds. The van der Waals surface area contributed by atoms with Gasteiger partial charge in [0.15, 0.2) is 0 Å². The van der Waals surface area contributed by atoms with Gasteiger partial charge in [-0.2, -0.15) is 0 Å². The van der Waals surface area contributed by atoms with Crippen molar-refractivity contribution in [2.24, 2.45) is 34.8 Å². The van der Waals surface area contributed by atoms with Crippen LogP contribution in [0.2, 0.25) is 0 Å². The second kappa shape index (κ2) is 2.53. The summed E-state index contributed by atoms with van der Waals surface area (Å²) in [6, 6.07) is 0. The van der Waals surface area contributed by atoms with Crippen molar-refractivity contribution in [1.82, 2.24) is 0 Å². The van der Waals surface area contributed by atoms with Crippen LogP contribution in [0.5, 0.6) is 0 Å². The van der Waals surface area contributed by atoms with Crippen LogP contribution in [-0.2, 0) is 4.79 Å². The normalized spacial score (nSPS) is 54.9. The number of hydrogen-bond acceptors (Lipinski definition) is 1. The molecule has 4 aliphatic carbocycles. The van der Waals surface area contributed by atoms with Gasteiger partial charge in [0.1, 0.15) is 0 Å². The van der Waals surface area contributed by atoms with E-state index < -0.39 is 0 Å². The van der Waals surface area contributed by atoms with E-state index in [1.165, 1.54) is 32.1 Å². The van der Waals surface area contributed by atoms with Crippen LogP contribution in [0.1, 0.15) is 39.0 Å². The lowest BCUT2D eigenvalue weighted by molar-refractivity contribution is -0.152. The Morgan fingerprint density at radius 3 is 1.86 bits per heavy atom. The van der Waals surface area contributed by atoms with E-state index in [1.54, 1.807) is 0 Å². The topological polar surface area (TPSA) is 43.1 Å². The van der Waals surface area contributed by atoms with Gasteiger partial charge in [-0.1, -0.05) is 6.92 Å². The van der Waals surface area contributed by atoms with Gasteiger partial charge >= 0.3 is 0 Å². The van der Waals surface area contributed by atoms with Crippen molar-refractivity contribution < 1.29 is 4.79 Å². The fourth-order valence-corrected chi connectivity index (χ4v) is 4.57. The summed E-state index contributed by atoms with van der Waals surface area (Å²) >= 11 is 0. The summed E-state index contributed by atoms with van der Waals surface area (Å²) in [7, 11) is 0. The Balaban J connectivity index is 1.98. The number of rotatable bonds is 1. The first-order valence-electron chi connectivity index (χ1n) is 5.90. The molecule has 0 unspecified atom stereocenters. The van der Waals surface area contributed by atoms with E-state index in [1.807, 2.05) is 0 Å². The molecule has 4 rings (SSSR count). The van der Waals surface area contributed by atoms with Crippen LogP contribution in [0.4, 0.5) is 0 Å². The van der Waals surface area contributed by atoms with Crippen LogP contribution in [0.15, 0.2) is 0 Å². The van der Waals surface area contributed by atoms with Crippen LogP contribution >= 0.6 is 0 Å². The number of primary amides is 1. The zero-order valence-electron chi connectivity index (χ0n) is 8.83. The molecule has 0 atom stereocenters. The van der Waals surface area contributed by atoms with E-state index in [0.717, 1.165) is 11.8 Å². The highest BCUT2D eigenvalue weighted by Crippen LogP contribution is 2.61. The average Bonchev–Trinajstić information content (AvgIpc) is 2.12. The first-order chi connectivity index (χ1) is 6.60. The van der Waals surface area contributed by atoms with Gasteiger partial charge in [-0.25, -0.2) is 0 Å². The molecule has 4 bridgehead atoms. The van der Waals surface area contributed by atoms with E-state index in [4.69, 9.17) is 5.73 Å². The Kier molecular flexibility index (Phi) is 1.58. The fraction of sp³-hybridized carbons (Fsp3) is 0.917. The monoisotopic (exact) mass is 193 g/mol. The molecule has 2 heteroatoms. The predicted octanol–water partition coefficient (Wildman–Crippen LogP) is 1.93. The van der Waals surface area contributed by atoms with Crippen molar-refractivity contribution in [3.63, 3.8) is 0 Å². The molecular weight excluding hydrogens is 174 g/mol. The van der Waals surface area contributed by atoms with Crippen LogP contribution in [0.25, 0.3) is 0 Å². The summed E-state index contributed by atoms with van der Waals surface area (Å²) in [5, 5.41) is 0. The second-order valence-electron chi connectivity index (χ2n) is 5.95.